The predicted octanol–water partition coefficient (Wildman–Crippen LogP) is 4.08. The van der Waals surface area contributed by atoms with Crippen LogP contribution in [0.4, 0.5) is 5.82 Å². The van der Waals surface area contributed by atoms with Crippen LogP contribution in [0.1, 0.15) is 56.2 Å². The van der Waals surface area contributed by atoms with Crippen molar-refractivity contribution in [3.8, 4) is 0 Å². The van der Waals surface area contributed by atoms with Crippen LogP contribution < -0.4 is 5.32 Å². The standard InChI is InChI=1S/C16H27N3S/c1-20-12-8-3-2-7-11-17-16-14-9-5-4-6-10-15(14)18-13-19-16/h13H,2-12H2,1H3,(H,17,18,19). The number of aryl methyl sites for hydroxylation is 1. The molecule has 0 amide bonds. The third kappa shape index (κ3) is 4.97. The molecule has 112 valence electrons. The highest BCUT2D eigenvalue weighted by molar-refractivity contribution is 7.98. The van der Waals surface area contributed by atoms with Gasteiger partial charge in [-0.05, 0) is 50.5 Å². The third-order valence-electron chi connectivity index (χ3n) is 3.94. The summed E-state index contributed by atoms with van der Waals surface area (Å²) < 4.78 is 0. The fraction of sp³-hybridized carbons (Fsp3) is 0.750. The van der Waals surface area contributed by atoms with Crippen molar-refractivity contribution in [3.05, 3.63) is 17.6 Å². The predicted molar refractivity (Wildman–Crippen MR) is 88.6 cm³/mol. The summed E-state index contributed by atoms with van der Waals surface area (Å²) >= 11 is 1.95. The van der Waals surface area contributed by atoms with Gasteiger partial charge in [0.1, 0.15) is 12.1 Å². The number of aromatic nitrogens is 2. The van der Waals surface area contributed by atoms with Crippen LogP contribution in [0.3, 0.4) is 0 Å². The Balaban J connectivity index is 1.75. The summed E-state index contributed by atoms with van der Waals surface area (Å²) in [5, 5.41) is 3.54. The van der Waals surface area contributed by atoms with Crippen LogP contribution in [0.25, 0.3) is 0 Å². The maximum atomic E-state index is 4.46. The van der Waals surface area contributed by atoms with E-state index in [1.807, 2.05) is 11.8 Å². The summed E-state index contributed by atoms with van der Waals surface area (Å²) in [6, 6.07) is 0. The first-order valence-corrected chi connectivity index (χ1v) is 9.37. The minimum absolute atomic E-state index is 1.04. The summed E-state index contributed by atoms with van der Waals surface area (Å²) in [5.41, 5.74) is 2.66. The van der Waals surface area contributed by atoms with Crippen molar-refractivity contribution in [1.29, 1.82) is 0 Å². The second-order valence-corrected chi connectivity index (χ2v) is 6.53. The molecule has 1 N–H and O–H groups in total. The van der Waals surface area contributed by atoms with Crippen molar-refractivity contribution in [2.75, 3.05) is 23.9 Å². The lowest BCUT2D eigenvalue weighted by atomic mass is 10.1. The highest BCUT2D eigenvalue weighted by Crippen LogP contribution is 2.23. The van der Waals surface area contributed by atoms with Gasteiger partial charge in [-0.25, -0.2) is 9.97 Å². The molecule has 0 fully saturated rings. The first kappa shape index (κ1) is 15.6. The third-order valence-corrected chi connectivity index (χ3v) is 4.64. The van der Waals surface area contributed by atoms with Crippen LogP contribution >= 0.6 is 11.8 Å². The van der Waals surface area contributed by atoms with Gasteiger partial charge in [-0.1, -0.05) is 19.3 Å². The van der Waals surface area contributed by atoms with Crippen molar-refractivity contribution in [3.63, 3.8) is 0 Å². The number of anilines is 1. The maximum absolute atomic E-state index is 4.46. The average Bonchev–Trinajstić information content (AvgIpc) is 2.72. The number of rotatable bonds is 8. The van der Waals surface area contributed by atoms with Crippen molar-refractivity contribution in [1.82, 2.24) is 9.97 Å². The second kappa shape index (κ2) is 9.22. The number of fused-ring (bicyclic) bond motifs is 1. The van der Waals surface area contributed by atoms with Gasteiger partial charge in [0, 0.05) is 17.8 Å². The molecule has 0 aliphatic heterocycles. The average molecular weight is 293 g/mol. The van der Waals surface area contributed by atoms with Gasteiger partial charge in [0.05, 0.1) is 0 Å². The van der Waals surface area contributed by atoms with Gasteiger partial charge in [-0.3, -0.25) is 0 Å². The summed E-state index contributed by atoms with van der Waals surface area (Å²) in [6.45, 7) is 1.04. The van der Waals surface area contributed by atoms with Gasteiger partial charge >= 0.3 is 0 Å². The smallest absolute Gasteiger partial charge is 0.132 e. The summed E-state index contributed by atoms with van der Waals surface area (Å²) in [5.74, 6) is 2.40. The fourth-order valence-corrected chi connectivity index (χ4v) is 3.27. The Hall–Kier alpha value is -0.770. The number of thioether (sulfide) groups is 1. The van der Waals surface area contributed by atoms with Gasteiger partial charge < -0.3 is 5.32 Å². The minimum atomic E-state index is 1.04. The number of hydrogen-bond acceptors (Lipinski definition) is 4. The summed E-state index contributed by atoms with van der Waals surface area (Å²) in [4.78, 5) is 8.92. The molecule has 1 aromatic heterocycles. The Morgan fingerprint density at radius 2 is 1.90 bits per heavy atom. The number of unbranched alkanes of at least 4 members (excludes halogenated alkanes) is 3. The van der Waals surface area contributed by atoms with Crippen molar-refractivity contribution in [2.45, 2.75) is 57.8 Å². The van der Waals surface area contributed by atoms with Crippen LogP contribution in [-0.4, -0.2) is 28.5 Å². The number of hydrogen-bond donors (Lipinski definition) is 1. The molecule has 1 aliphatic carbocycles. The van der Waals surface area contributed by atoms with E-state index in [1.165, 1.54) is 62.0 Å². The molecular formula is C16H27N3S. The quantitative estimate of drug-likeness (QED) is 0.579. The topological polar surface area (TPSA) is 37.8 Å². The molecule has 1 heterocycles. The zero-order valence-electron chi connectivity index (χ0n) is 12.7. The van der Waals surface area contributed by atoms with Crippen LogP contribution in [-0.2, 0) is 12.8 Å². The summed E-state index contributed by atoms with van der Waals surface area (Å²) in [7, 11) is 0. The van der Waals surface area contributed by atoms with Gasteiger partial charge in [0.25, 0.3) is 0 Å². The molecule has 20 heavy (non-hydrogen) atoms. The van der Waals surface area contributed by atoms with Gasteiger partial charge in [-0.2, -0.15) is 11.8 Å². The molecule has 0 spiro atoms. The zero-order valence-corrected chi connectivity index (χ0v) is 13.5. The Labute approximate surface area is 127 Å². The van der Waals surface area contributed by atoms with Gasteiger partial charge in [0.15, 0.2) is 0 Å². The lowest BCUT2D eigenvalue weighted by Crippen LogP contribution is -2.09. The normalized spacial score (nSPS) is 14.7. The van der Waals surface area contributed by atoms with E-state index in [9.17, 15) is 0 Å². The number of nitrogens with one attached hydrogen (secondary N) is 1. The van der Waals surface area contributed by atoms with Crippen molar-refractivity contribution < 1.29 is 0 Å². The molecule has 4 heteroatoms. The molecule has 0 bridgehead atoms. The Bertz CT molecular complexity index is 395. The van der Waals surface area contributed by atoms with E-state index in [4.69, 9.17) is 0 Å². The zero-order chi connectivity index (χ0) is 14.0. The molecule has 2 rings (SSSR count). The van der Waals surface area contributed by atoms with Crippen LogP contribution in [0.2, 0.25) is 0 Å². The van der Waals surface area contributed by atoms with Crippen LogP contribution in [0.15, 0.2) is 6.33 Å². The number of nitrogens with zero attached hydrogens (tertiary/aromatic N) is 2. The molecule has 0 saturated heterocycles. The lowest BCUT2D eigenvalue weighted by Gasteiger charge is -2.12. The van der Waals surface area contributed by atoms with E-state index in [-0.39, 0.29) is 0 Å². The fourth-order valence-electron chi connectivity index (χ4n) is 2.78. The molecular weight excluding hydrogens is 266 g/mol. The van der Waals surface area contributed by atoms with Crippen LogP contribution in [0, 0.1) is 0 Å². The first-order valence-electron chi connectivity index (χ1n) is 7.97. The van der Waals surface area contributed by atoms with E-state index in [0.717, 1.165) is 25.2 Å². The lowest BCUT2D eigenvalue weighted by molar-refractivity contribution is 0.687. The molecule has 0 saturated carbocycles. The van der Waals surface area contributed by atoms with Crippen LogP contribution in [0.5, 0.6) is 0 Å². The van der Waals surface area contributed by atoms with Gasteiger partial charge in [0.2, 0.25) is 0 Å². The first-order chi connectivity index (χ1) is 9.92. The van der Waals surface area contributed by atoms with Gasteiger partial charge in [-0.15, -0.1) is 0 Å². The molecule has 0 aromatic carbocycles. The second-order valence-electron chi connectivity index (χ2n) is 5.54. The highest BCUT2D eigenvalue weighted by Gasteiger charge is 2.13. The van der Waals surface area contributed by atoms with E-state index >= 15 is 0 Å². The summed E-state index contributed by atoms with van der Waals surface area (Å²) in [6.07, 6.45) is 15.3. The minimum Gasteiger partial charge on any atom is -0.370 e. The largest absolute Gasteiger partial charge is 0.370 e. The Morgan fingerprint density at radius 1 is 1.05 bits per heavy atom. The monoisotopic (exact) mass is 293 g/mol. The molecule has 3 nitrogen and oxygen atoms in total. The maximum Gasteiger partial charge on any atom is 0.132 e. The molecule has 0 unspecified atom stereocenters. The van der Waals surface area contributed by atoms with E-state index in [2.05, 4.69) is 21.5 Å². The molecule has 0 atom stereocenters. The van der Waals surface area contributed by atoms with Crippen molar-refractivity contribution >= 4 is 17.6 Å². The SMILES string of the molecule is CSCCCCCCNc1ncnc2c1CCCCC2. The molecule has 1 aromatic rings. The van der Waals surface area contributed by atoms with E-state index in [1.54, 1.807) is 6.33 Å². The molecule has 1 aliphatic rings. The highest BCUT2D eigenvalue weighted by atomic mass is 32.2. The molecule has 0 radical (unpaired) electrons. The Morgan fingerprint density at radius 3 is 2.80 bits per heavy atom. The Kier molecular flexibility index (Phi) is 7.20. The van der Waals surface area contributed by atoms with Crippen molar-refractivity contribution in [2.24, 2.45) is 0 Å². The van der Waals surface area contributed by atoms with E-state index < -0.39 is 0 Å². The van der Waals surface area contributed by atoms with E-state index in [0.29, 0.717) is 0 Å².